The molecule has 1 aliphatic rings. The smallest absolute Gasteiger partial charge is 0.118 e. The third kappa shape index (κ3) is 3.55. The molecule has 2 heterocycles. The Balaban J connectivity index is 1.62. The summed E-state index contributed by atoms with van der Waals surface area (Å²) in [6.07, 6.45) is 4.97. The van der Waals surface area contributed by atoms with Gasteiger partial charge in [-0.15, -0.1) is 0 Å². The fourth-order valence-corrected chi connectivity index (χ4v) is 3.58. The zero-order valence-corrected chi connectivity index (χ0v) is 14.6. The number of benzene rings is 2. The van der Waals surface area contributed by atoms with Crippen molar-refractivity contribution in [3.63, 3.8) is 0 Å². The van der Waals surface area contributed by atoms with Crippen LogP contribution in [-0.2, 0) is 6.42 Å². The number of hydrogen-bond donors (Lipinski definition) is 3. The quantitative estimate of drug-likeness (QED) is 0.598. The van der Waals surface area contributed by atoms with Crippen LogP contribution in [-0.4, -0.2) is 22.7 Å². The van der Waals surface area contributed by atoms with E-state index < -0.39 is 0 Å². The highest BCUT2D eigenvalue weighted by atomic mass is 35.5. The lowest BCUT2D eigenvalue weighted by atomic mass is 10.0. The summed E-state index contributed by atoms with van der Waals surface area (Å²) in [4.78, 5) is 4.37. The Morgan fingerprint density at radius 3 is 2.96 bits per heavy atom. The Morgan fingerprint density at radius 2 is 2.12 bits per heavy atom. The highest BCUT2D eigenvalue weighted by molar-refractivity contribution is 6.31. The molecule has 0 amide bonds. The number of halogens is 1. The van der Waals surface area contributed by atoms with Gasteiger partial charge in [0.25, 0.3) is 0 Å². The molecule has 4 rings (SSSR count). The van der Waals surface area contributed by atoms with Crippen LogP contribution in [0.1, 0.15) is 18.4 Å². The number of phenolic OH excluding ortho intramolecular Hbond substituents is 1. The highest BCUT2D eigenvalue weighted by Gasteiger charge is 2.16. The maximum Gasteiger partial charge on any atom is 0.118 e. The lowest BCUT2D eigenvalue weighted by Gasteiger charge is -2.14. The van der Waals surface area contributed by atoms with Gasteiger partial charge < -0.3 is 15.7 Å². The number of aromatic nitrogens is 1. The lowest BCUT2D eigenvalue weighted by molar-refractivity contribution is 0.462. The van der Waals surface area contributed by atoms with Crippen LogP contribution in [0.2, 0.25) is 5.02 Å². The van der Waals surface area contributed by atoms with Gasteiger partial charge in [-0.3, -0.25) is 4.98 Å². The molecule has 0 saturated carbocycles. The van der Waals surface area contributed by atoms with Gasteiger partial charge in [0, 0.05) is 34.0 Å². The molecule has 1 aromatic heterocycles. The molecule has 1 unspecified atom stereocenters. The van der Waals surface area contributed by atoms with Crippen LogP contribution in [0.15, 0.2) is 48.7 Å². The average Bonchev–Trinajstić information content (AvgIpc) is 3.11. The molecule has 0 aliphatic carbocycles. The first kappa shape index (κ1) is 16.2. The van der Waals surface area contributed by atoms with Crippen molar-refractivity contribution in [2.24, 2.45) is 0 Å². The first-order valence-electron chi connectivity index (χ1n) is 8.55. The molecule has 1 fully saturated rings. The summed E-state index contributed by atoms with van der Waals surface area (Å²) in [5, 5.41) is 18.8. The molecule has 2 aromatic carbocycles. The zero-order chi connectivity index (χ0) is 17.2. The first-order chi connectivity index (χ1) is 12.2. The van der Waals surface area contributed by atoms with E-state index in [-0.39, 0.29) is 0 Å². The topological polar surface area (TPSA) is 57.2 Å². The molecule has 3 N–H and O–H groups in total. The second-order valence-corrected chi connectivity index (χ2v) is 6.92. The Kier molecular flexibility index (Phi) is 4.47. The largest absolute Gasteiger partial charge is 0.508 e. The number of rotatable bonds is 4. The molecule has 0 bridgehead atoms. The second kappa shape index (κ2) is 6.90. The molecular formula is C20H20ClN3O. The summed E-state index contributed by atoms with van der Waals surface area (Å²) in [5.74, 6) is 0.352. The first-order valence-corrected chi connectivity index (χ1v) is 8.93. The molecule has 3 aromatic rings. The minimum absolute atomic E-state index is 0.352. The average molecular weight is 354 g/mol. The number of aromatic hydroxyl groups is 1. The number of fused-ring (bicyclic) bond motifs is 1. The number of hydrogen-bond acceptors (Lipinski definition) is 4. The van der Waals surface area contributed by atoms with Crippen LogP contribution < -0.4 is 10.6 Å². The number of nitrogens with one attached hydrogen (secondary N) is 2. The molecule has 1 atom stereocenters. The van der Waals surface area contributed by atoms with Crippen LogP contribution in [0, 0.1) is 0 Å². The second-order valence-electron chi connectivity index (χ2n) is 6.49. The van der Waals surface area contributed by atoms with Gasteiger partial charge in [0.15, 0.2) is 0 Å². The van der Waals surface area contributed by atoms with Crippen molar-refractivity contribution in [2.75, 3.05) is 11.9 Å². The molecule has 128 valence electrons. The van der Waals surface area contributed by atoms with Crippen LogP contribution in [0.5, 0.6) is 5.75 Å². The fourth-order valence-electron chi connectivity index (χ4n) is 3.41. The molecule has 4 nitrogen and oxygen atoms in total. The summed E-state index contributed by atoms with van der Waals surface area (Å²) in [7, 11) is 0. The molecule has 0 radical (unpaired) electrons. The van der Waals surface area contributed by atoms with Gasteiger partial charge in [0.05, 0.1) is 5.52 Å². The monoisotopic (exact) mass is 353 g/mol. The van der Waals surface area contributed by atoms with Crippen molar-refractivity contribution >= 4 is 33.9 Å². The molecule has 5 heteroatoms. The van der Waals surface area contributed by atoms with Crippen molar-refractivity contribution in [1.82, 2.24) is 10.3 Å². The number of nitrogens with zero attached hydrogens (tertiary/aromatic N) is 1. The van der Waals surface area contributed by atoms with Gasteiger partial charge in [0.2, 0.25) is 0 Å². The van der Waals surface area contributed by atoms with Crippen molar-refractivity contribution in [3.8, 4) is 5.75 Å². The van der Waals surface area contributed by atoms with Crippen LogP contribution in [0.25, 0.3) is 10.9 Å². The standard InChI is InChI=1S/C20H20ClN3O/c21-14-3-5-17-18(7-9-23-19(17)12-14)24-16-4-6-20(25)13(11-16)10-15-2-1-8-22-15/h3-7,9,11-12,15,22,25H,1-2,8,10H2,(H,23,24). The van der Waals surface area contributed by atoms with Crippen molar-refractivity contribution in [3.05, 3.63) is 59.2 Å². The summed E-state index contributed by atoms with van der Waals surface area (Å²) in [6.45, 7) is 1.06. The van der Waals surface area contributed by atoms with E-state index in [1.807, 2.05) is 36.4 Å². The van der Waals surface area contributed by atoms with Crippen molar-refractivity contribution < 1.29 is 5.11 Å². The van der Waals surface area contributed by atoms with E-state index in [1.54, 1.807) is 12.3 Å². The Morgan fingerprint density at radius 1 is 1.20 bits per heavy atom. The Bertz CT molecular complexity index is 907. The van der Waals surface area contributed by atoms with Crippen LogP contribution in [0.4, 0.5) is 11.4 Å². The Hall–Kier alpha value is -2.30. The molecule has 1 saturated heterocycles. The lowest BCUT2D eigenvalue weighted by Crippen LogP contribution is -2.23. The number of pyridine rings is 1. The highest BCUT2D eigenvalue weighted by Crippen LogP contribution is 2.30. The predicted molar refractivity (Wildman–Crippen MR) is 103 cm³/mol. The normalized spacial score (nSPS) is 17.1. The Labute approximate surface area is 151 Å². The summed E-state index contributed by atoms with van der Waals surface area (Å²) in [6, 6.07) is 13.8. The van der Waals surface area contributed by atoms with Crippen LogP contribution in [0.3, 0.4) is 0 Å². The van der Waals surface area contributed by atoms with Crippen molar-refractivity contribution in [1.29, 1.82) is 0 Å². The third-order valence-electron chi connectivity index (χ3n) is 4.69. The van der Waals surface area contributed by atoms with Gasteiger partial charge in [-0.2, -0.15) is 0 Å². The third-order valence-corrected chi connectivity index (χ3v) is 4.93. The van der Waals surface area contributed by atoms with E-state index in [2.05, 4.69) is 15.6 Å². The predicted octanol–water partition coefficient (Wildman–Crippen LogP) is 4.63. The van der Waals surface area contributed by atoms with E-state index in [4.69, 9.17) is 11.6 Å². The number of anilines is 2. The number of phenols is 1. The summed E-state index contributed by atoms with van der Waals surface area (Å²) in [5.41, 5.74) is 3.74. The summed E-state index contributed by atoms with van der Waals surface area (Å²) >= 11 is 6.06. The van der Waals surface area contributed by atoms with Gasteiger partial charge in [0.1, 0.15) is 5.75 Å². The maximum atomic E-state index is 10.2. The van der Waals surface area contributed by atoms with E-state index >= 15 is 0 Å². The molecule has 25 heavy (non-hydrogen) atoms. The van der Waals surface area contributed by atoms with Gasteiger partial charge in [-0.1, -0.05) is 11.6 Å². The van der Waals surface area contributed by atoms with Crippen LogP contribution >= 0.6 is 11.6 Å². The van der Waals surface area contributed by atoms with Gasteiger partial charge >= 0.3 is 0 Å². The zero-order valence-electron chi connectivity index (χ0n) is 13.8. The van der Waals surface area contributed by atoms with Gasteiger partial charge in [-0.05, 0) is 73.8 Å². The maximum absolute atomic E-state index is 10.2. The SMILES string of the molecule is Oc1ccc(Nc2ccnc3cc(Cl)ccc23)cc1CC1CCCN1. The fraction of sp³-hybridized carbons (Fsp3) is 0.250. The molecule has 0 spiro atoms. The minimum atomic E-state index is 0.352. The van der Waals surface area contributed by atoms with E-state index in [0.717, 1.165) is 47.2 Å². The summed E-state index contributed by atoms with van der Waals surface area (Å²) < 4.78 is 0. The minimum Gasteiger partial charge on any atom is -0.508 e. The van der Waals surface area contributed by atoms with E-state index in [9.17, 15) is 5.11 Å². The van der Waals surface area contributed by atoms with E-state index in [1.165, 1.54) is 6.42 Å². The van der Waals surface area contributed by atoms with Gasteiger partial charge in [-0.25, -0.2) is 0 Å². The van der Waals surface area contributed by atoms with E-state index in [0.29, 0.717) is 16.8 Å². The van der Waals surface area contributed by atoms with Crippen molar-refractivity contribution in [2.45, 2.75) is 25.3 Å². The molecular weight excluding hydrogens is 334 g/mol. The molecule has 1 aliphatic heterocycles.